The summed E-state index contributed by atoms with van der Waals surface area (Å²) in [7, 11) is 1.56. The lowest BCUT2D eigenvalue weighted by molar-refractivity contribution is 0.0957. The van der Waals surface area contributed by atoms with Gasteiger partial charge in [-0.25, -0.2) is 0 Å². The number of benzene rings is 1. The van der Waals surface area contributed by atoms with Crippen molar-refractivity contribution < 1.29 is 4.79 Å². The Bertz CT molecular complexity index is 580. The number of nitrogens with two attached hydrogens (primary N) is 1. The van der Waals surface area contributed by atoms with Crippen LogP contribution in [0.1, 0.15) is 21.6 Å². The summed E-state index contributed by atoms with van der Waals surface area (Å²) in [5.41, 5.74) is 8.20. The van der Waals surface area contributed by atoms with Crippen LogP contribution < -0.4 is 16.4 Å². The zero-order valence-electron chi connectivity index (χ0n) is 12.0. The van der Waals surface area contributed by atoms with Gasteiger partial charge in [-0.1, -0.05) is 24.3 Å². The number of carbonyl (C=O) groups is 1. The van der Waals surface area contributed by atoms with Crippen molar-refractivity contribution in [3.63, 3.8) is 0 Å². The molecule has 4 N–H and O–H groups in total. The summed E-state index contributed by atoms with van der Waals surface area (Å²) in [6.45, 7) is 1.31. The average Bonchev–Trinajstić information content (AvgIpc) is 2.54. The monoisotopic (exact) mass is 285 g/mol. The number of amides is 1. The summed E-state index contributed by atoms with van der Waals surface area (Å²) in [4.78, 5) is 11.3. The van der Waals surface area contributed by atoms with E-state index in [0.29, 0.717) is 24.6 Å². The highest BCUT2D eigenvalue weighted by Gasteiger charge is 2.05. The molecule has 0 spiro atoms. The molecule has 0 radical (unpaired) electrons. The molecule has 6 nitrogen and oxygen atoms in total. The molecule has 0 bridgehead atoms. The summed E-state index contributed by atoms with van der Waals surface area (Å²) in [5, 5.41) is 13.5. The van der Waals surface area contributed by atoms with Crippen molar-refractivity contribution in [2.75, 3.05) is 18.9 Å². The molecule has 0 saturated heterocycles. The predicted octanol–water partition coefficient (Wildman–Crippen LogP) is 0.949. The van der Waals surface area contributed by atoms with E-state index in [9.17, 15) is 4.79 Å². The van der Waals surface area contributed by atoms with Crippen LogP contribution in [0.5, 0.6) is 0 Å². The Balaban J connectivity index is 1.91. The lowest BCUT2D eigenvalue weighted by Crippen LogP contribution is -2.19. The Morgan fingerprint density at radius 1 is 1.10 bits per heavy atom. The highest BCUT2D eigenvalue weighted by atomic mass is 16.1. The summed E-state index contributed by atoms with van der Waals surface area (Å²) in [6, 6.07) is 11.6. The number of hydrogen-bond acceptors (Lipinski definition) is 5. The van der Waals surface area contributed by atoms with Crippen molar-refractivity contribution in [1.29, 1.82) is 0 Å². The maximum atomic E-state index is 11.3. The third-order valence-electron chi connectivity index (χ3n) is 3.05. The van der Waals surface area contributed by atoms with Crippen molar-refractivity contribution >= 4 is 11.7 Å². The van der Waals surface area contributed by atoms with E-state index in [2.05, 4.69) is 45.1 Å². The number of nitrogens with one attached hydrogen (secondary N) is 2. The summed E-state index contributed by atoms with van der Waals surface area (Å²) in [5.74, 6) is 0.387. The number of nitrogens with zero attached hydrogens (tertiary/aromatic N) is 2. The van der Waals surface area contributed by atoms with Gasteiger partial charge in [0, 0.05) is 13.6 Å². The molecule has 1 aromatic heterocycles. The molecule has 2 rings (SSSR count). The summed E-state index contributed by atoms with van der Waals surface area (Å²) >= 11 is 0. The quantitative estimate of drug-likeness (QED) is 0.735. The van der Waals surface area contributed by atoms with Gasteiger partial charge in [0.25, 0.3) is 5.91 Å². The van der Waals surface area contributed by atoms with Gasteiger partial charge in [-0.3, -0.25) is 4.79 Å². The second-order valence-corrected chi connectivity index (χ2v) is 4.59. The van der Waals surface area contributed by atoms with Crippen LogP contribution in [0.25, 0.3) is 0 Å². The van der Waals surface area contributed by atoms with E-state index in [4.69, 9.17) is 5.73 Å². The SMILES string of the molecule is CNC(=O)c1ccc(NCc2ccc(CCN)cc2)nn1. The summed E-state index contributed by atoms with van der Waals surface area (Å²) < 4.78 is 0. The van der Waals surface area contributed by atoms with Crippen LogP contribution in [-0.4, -0.2) is 29.7 Å². The average molecular weight is 285 g/mol. The maximum absolute atomic E-state index is 11.3. The first kappa shape index (κ1) is 14.9. The van der Waals surface area contributed by atoms with Crippen LogP contribution in [0.3, 0.4) is 0 Å². The van der Waals surface area contributed by atoms with Crippen LogP contribution >= 0.6 is 0 Å². The Morgan fingerprint density at radius 3 is 2.38 bits per heavy atom. The number of hydrogen-bond donors (Lipinski definition) is 3. The second-order valence-electron chi connectivity index (χ2n) is 4.59. The molecule has 6 heteroatoms. The number of carbonyl (C=O) groups excluding carboxylic acids is 1. The van der Waals surface area contributed by atoms with Crippen LogP contribution in [0.15, 0.2) is 36.4 Å². The minimum atomic E-state index is -0.246. The molecule has 110 valence electrons. The normalized spacial score (nSPS) is 10.2. The molecular weight excluding hydrogens is 266 g/mol. The molecule has 1 heterocycles. The van der Waals surface area contributed by atoms with Gasteiger partial charge >= 0.3 is 0 Å². The smallest absolute Gasteiger partial charge is 0.271 e. The van der Waals surface area contributed by atoms with Crippen molar-refractivity contribution in [2.24, 2.45) is 5.73 Å². The van der Waals surface area contributed by atoms with E-state index < -0.39 is 0 Å². The third-order valence-corrected chi connectivity index (χ3v) is 3.05. The second kappa shape index (κ2) is 7.35. The van der Waals surface area contributed by atoms with Gasteiger partial charge in [-0.05, 0) is 36.2 Å². The van der Waals surface area contributed by atoms with Gasteiger partial charge in [0.15, 0.2) is 5.69 Å². The molecule has 0 atom stereocenters. The van der Waals surface area contributed by atoms with E-state index >= 15 is 0 Å². The third kappa shape index (κ3) is 4.25. The van der Waals surface area contributed by atoms with Crippen LogP contribution in [0.2, 0.25) is 0 Å². The molecule has 1 amide bonds. The largest absolute Gasteiger partial charge is 0.365 e. The molecular formula is C15H19N5O. The molecule has 0 aliphatic carbocycles. The lowest BCUT2D eigenvalue weighted by Gasteiger charge is -2.06. The van der Waals surface area contributed by atoms with Crippen LogP contribution in [0, 0.1) is 0 Å². The minimum absolute atomic E-state index is 0.246. The van der Waals surface area contributed by atoms with Crippen molar-refractivity contribution in [1.82, 2.24) is 15.5 Å². The van der Waals surface area contributed by atoms with E-state index in [0.717, 1.165) is 12.0 Å². The predicted molar refractivity (Wildman–Crippen MR) is 81.9 cm³/mol. The van der Waals surface area contributed by atoms with Gasteiger partial charge in [0.05, 0.1) is 0 Å². The van der Waals surface area contributed by atoms with Gasteiger partial charge in [0.2, 0.25) is 0 Å². The van der Waals surface area contributed by atoms with Gasteiger partial charge < -0.3 is 16.4 Å². The zero-order valence-corrected chi connectivity index (χ0v) is 12.0. The zero-order chi connectivity index (χ0) is 15.1. The van der Waals surface area contributed by atoms with Gasteiger partial charge in [-0.15, -0.1) is 10.2 Å². The minimum Gasteiger partial charge on any atom is -0.365 e. The molecule has 21 heavy (non-hydrogen) atoms. The maximum Gasteiger partial charge on any atom is 0.271 e. The van der Waals surface area contributed by atoms with Crippen LogP contribution in [-0.2, 0) is 13.0 Å². The number of aromatic nitrogens is 2. The van der Waals surface area contributed by atoms with E-state index in [-0.39, 0.29) is 5.91 Å². The molecule has 0 aliphatic rings. The molecule has 0 saturated carbocycles. The molecule has 0 aliphatic heterocycles. The van der Waals surface area contributed by atoms with Crippen LogP contribution in [0.4, 0.5) is 5.82 Å². The summed E-state index contributed by atoms with van der Waals surface area (Å²) in [6.07, 6.45) is 0.889. The Hall–Kier alpha value is -2.47. The molecule has 0 fully saturated rings. The van der Waals surface area contributed by atoms with Crippen molar-refractivity contribution in [3.8, 4) is 0 Å². The Kier molecular flexibility index (Phi) is 5.22. The first-order chi connectivity index (χ1) is 10.2. The number of rotatable bonds is 6. The van der Waals surface area contributed by atoms with Crippen molar-refractivity contribution in [2.45, 2.75) is 13.0 Å². The first-order valence-corrected chi connectivity index (χ1v) is 6.80. The fraction of sp³-hybridized carbons (Fsp3) is 0.267. The Morgan fingerprint density at radius 2 is 1.81 bits per heavy atom. The highest BCUT2D eigenvalue weighted by molar-refractivity contribution is 5.91. The fourth-order valence-electron chi connectivity index (χ4n) is 1.86. The van der Waals surface area contributed by atoms with Gasteiger partial charge in [-0.2, -0.15) is 0 Å². The lowest BCUT2D eigenvalue weighted by atomic mass is 10.1. The fourth-order valence-corrected chi connectivity index (χ4v) is 1.86. The first-order valence-electron chi connectivity index (χ1n) is 6.80. The molecule has 1 aromatic carbocycles. The van der Waals surface area contributed by atoms with Gasteiger partial charge in [0.1, 0.15) is 5.82 Å². The topological polar surface area (TPSA) is 92.9 Å². The molecule has 2 aromatic rings. The van der Waals surface area contributed by atoms with E-state index in [1.807, 2.05) is 0 Å². The number of anilines is 1. The standard InChI is InChI=1S/C15H19N5O/c1-17-15(21)13-6-7-14(20-19-13)18-10-12-4-2-11(3-5-12)8-9-16/h2-7H,8-10,16H2,1H3,(H,17,21)(H,18,20). The Labute approximate surface area is 123 Å². The van der Waals surface area contributed by atoms with Crippen molar-refractivity contribution in [3.05, 3.63) is 53.2 Å². The molecule has 0 unspecified atom stereocenters. The van der Waals surface area contributed by atoms with E-state index in [1.165, 1.54) is 5.56 Å². The highest BCUT2D eigenvalue weighted by Crippen LogP contribution is 2.08. The van der Waals surface area contributed by atoms with E-state index in [1.54, 1.807) is 19.2 Å².